The molecular weight excluding hydrogens is 328 g/mol. The molecule has 2 fully saturated rings. The quantitative estimate of drug-likeness (QED) is 0.595. The monoisotopic (exact) mass is 366 g/mol. The van der Waals surface area contributed by atoms with Crippen LogP contribution in [0.25, 0.3) is 0 Å². The number of amides is 1. The lowest BCUT2D eigenvalue weighted by molar-refractivity contribution is -0.134. The van der Waals surface area contributed by atoms with Crippen LogP contribution in [0, 0.1) is 11.8 Å². The second kappa shape index (κ2) is 10.3. The predicted octanol–water partition coefficient (Wildman–Crippen LogP) is 1.60. The molecule has 2 unspecified atom stereocenters. The van der Waals surface area contributed by atoms with Crippen molar-refractivity contribution in [3.8, 4) is 0 Å². The fourth-order valence-corrected chi connectivity index (χ4v) is 4.28. The van der Waals surface area contributed by atoms with E-state index < -0.39 is 0 Å². The van der Waals surface area contributed by atoms with Crippen LogP contribution in [0.2, 0.25) is 0 Å². The maximum absolute atomic E-state index is 12.9. The van der Waals surface area contributed by atoms with E-state index in [0.717, 1.165) is 44.1 Å². The Bertz CT molecular complexity index is 472. The molecule has 1 saturated heterocycles. The van der Waals surface area contributed by atoms with E-state index in [0.29, 0.717) is 18.3 Å². The summed E-state index contributed by atoms with van der Waals surface area (Å²) in [6.07, 6.45) is 8.57. The average molecular weight is 367 g/mol. The zero-order chi connectivity index (χ0) is 19.1. The van der Waals surface area contributed by atoms with E-state index in [-0.39, 0.29) is 24.5 Å². The number of carbonyl (C=O) groups excluding carboxylic acids is 1. The summed E-state index contributed by atoms with van der Waals surface area (Å²) in [5.41, 5.74) is 12.7. The first-order chi connectivity index (χ1) is 12.5. The van der Waals surface area contributed by atoms with Gasteiger partial charge in [-0.3, -0.25) is 4.79 Å². The molecule has 2 rings (SSSR count). The highest BCUT2D eigenvalue weighted by atomic mass is 16.5. The number of hydrogen-bond acceptors (Lipinski definition) is 5. The van der Waals surface area contributed by atoms with Crippen molar-refractivity contribution in [3.05, 3.63) is 11.8 Å². The number of nitrogens with zero attached hydrogens (tertiary/aromatic N) is 1. The fraction of sp³-hybridized carbons (Fsp3) is 0.850. The Labute approximate surface area is 158 Å². The lowest BCUT2D eigenvalue weighted by atomic mass is 9.80. The molecule has 1 aliphatic heterocycles. The molecule has 0 aromatic rings. The number of ether oxygens (including phenoxy) is 1. The van der Waals surface area contributed by atoms with E-state index in [9.17, 15) is 4.79 Å². The molecule has 5 N–H and O–H groups in total. The van der Waals surface area contributed by atoms with Gasteiger partial charge in [-0.15, -0.1) is 0 Å². The summed E-state index contributed by atoms with van der Waals surface area (Å²) in [4.78, 5) is 14.7. The van der Waals surface area contributed by atoms with Crippen LogP contribution in [-0.4, -0.2) is 55.7 Å². The molecule has 0 bridgehead atoms. The van der Waals surface area contributed by atoms with Gasteiger partial charge in [-0.25, -0.2) is 0 Å². The van der Waals surface area contributed by atoms with Gasteiger partial charge in [0.2, 0.25) is 0 Å². The highest BCUT2D eigenvalue weighted by Gasteiger charge is 2.34. The van der Waals surface area contributed by atoms with E-state index in [2.05, 4.69) is 19.2 Å². The lowest BCUT2D eigenvalue weighted by Crippen LogP contribution is -2.57. The van der Waals surface area contributed by atoms with Crippen LogP contribution in [0.5, 0.6) is 0 Å². The minimum absolute atomic E-state index is 0.0193. The van der Waals surface area contributed by atoms with Crippen molar-refractivity contribution in [1.82, 2.24) is 10.2 Å². The minimum atomic E-state index is -0.0640. The number of rotatable bonds is 7. The summed E-state index contributed by atoms with van der Waals surface area (Å²) >= 11 is 0. The number of nitrogens with two attached hydrogens (primary N) is 2. The highest BCUT2D eigenvalue weighted by Crippen LogP contribution is 2.31. The van der Waals surface area contributed by atoms with Crippen molar-refractivity contribution in [3.63, 3.8) is 0 Å². The summed E-state index contributed by atoms with van der Waals surface area (Å²) in [6, 6.07) is -0.0980. The Morgan fingerprint density at radius 3 is 2.54 bits per heavy atom. The fourth-order valence-electron chi connectivity index (χ4n) is 4.28. The SMILES string of the molecule is CN/C=C(\CN)C(=O)N1CCCC(N)C1COC1CCC(C(C)C)CC1. The van der Waals surface area contributed by atoms with Crippen LogP contribution >= 0.6 is 0 Å². The second-order valence-corrected chi connectivity index (χ2v) is 8.15. The Morgan fingerprint density at radius 1 is 1.27 bits per heavy atom. The van der Waals surface area contributed by atoms with Crippen molar-refractivity contribution in [2.24, 2.45) is 23.3 Å². The van der Waals surface area contributed by atoms with Gasteiger partial charge < -0.3 is 26.4 Å². The zero-order valence-electron chi connectivity index (χ0n) is 16.7. The van der Waals surface area contributed by atoms with Crippen LogP contribution in [0.1, 0.15) is 52.4 Å². The summed E-state index contributed by atoms with van der Waals surface area (Å²) < 4.78 is 6.23. The van der Waals surface area contributed by atoms with Crippen molar-refractivity contribution in [2.45, 2.75) is 70.6 Å². The molecule has 1 amide bonds. The highest BCUT2D eigenvalue weighted by molar-refractivity contribution is 5.94. The first-order valence-corrected chi connectivity index (χ1v) is 10.2. The number of piperidine rings is 1. The van der Waals surface area contributed by atoms with E-state index in [1.807, 2.05) is 4.90 Å². The Hall–Kier alpha value is -1.11. The van der Waals surface area contributed by atoms with Crippen LogP contribution in [0.4, 0.5) is 0 Å². The normalized spacial score (nSPS) is 30.5. The number of hydrogen-bond donors (Lipinski definition) is 3. The van der Waals surface area contributed by atoms with Crippen LogP contribution < -0.4 is 16.8 Å². The molecule has 1 heterocycles. The predicted molar refractivity (Wildman–Crippen MR) is 105 cm³/mol. The molecule has 2 aliphatic rings. The van der Waals surface area contributed by atoms with Crippen molar-refractivity contribution < 1.29 is 9.53 Å². The molecule has 1 saturated carbocycles. The topological polar surface area (TPSA) is 93.6 Å². The number of carbonyl (C=O) groups is 1. The molecule has 2 atom stereocenters. The summed E-state index contributed by atoms with van der Waals surface area (Å²) in [6.45, 7) is 6.09. The molecule has 26 heavy (non-hydrogen) atoms. The van der Waals surface area contributed by atoms with E-state index in [1.165, 1.54) is 12.8 Å². The van der Waals surface area contributed by atoms with Gasteiger partial charge in [-0.05, 0) is 50.4 Å². The molecule has 0 aromatic heterocycles. The largest absolute Gasteiger partial charge is 0.394 e. The van der Waals surface area contributed by atoms with Gasteiger partial charge >= 0.3 is 0 Å². The summed E-state index contributed by atoms with van der Waals surface area (Å²) in [5, 5.41) is 2.91. The summed E-state index contributed by atoms with van der Waals surface area (Å²) in [7, 11) is 1.78. The summed E-state index contributed by atoms with van der Waals surface area (Å²) in [5.74, 6) is 1.56. The average Bonchev–Trinajstić information content (AvgIpc) is 2.64. The zero-order valence-corrected chi connectivity index (χ0v) is 16.7. The minimum Gasteiger partial charge on any atom is -0.394 e. The van der Waals surface area contributed by atoms with Gasteiger partial charge in [0.1, 0.15) is 0 Å². The van der Waals surface area contributed by atoms with E-state index in [1.54, 1.807) is 13.2 Å². The van der Waals surface area contributed by atoms with Gasteiger partial charge in [0.15, 0.2) is 0 Å². The van der Waals surface area contributed by atoms with Crippen LogP contribution in [0.3, 0.4) is 0 Å². The van der Waals surface area contributed by atoms with Crippen molar-refractivity contribution >= 4 is 5.91 Å². The molecule has 0 spiro atoms. The Morgan fingerprint density at radius 2 is 1.96 bits per heavy atom. The third-order valence-corrected chi connectivity index (χ3v) is 6.07. The maximum Gasteiger partial charge on any atom is 0.252 e. The van der Waals surface area contributed by atoms with Crippen molar-refractivity contribution in [2.75, 3.05) is 26.7 Å². The van der Waals surface area contributed by atoms with Crippen LogP contribution in [0.15, 0.2) is 11.8 Å². The van der Waals surface area contributed by atoms with Crippen LogP contribution in [-0.2, 0) is 9.53 Å². The van der Waals surface area contributed by atoms with Gasteiger partial charge in [0.25, 0.3) is 5.91 Å². The third-order valence-electron chi connectivity index (χ3n) is 6.07. The second-order valence-electron chi connectivity index (χ2n) is 8.15. The first kappa shape index (κ1) is 21.2. The number of nitrogens with one attached hydrogen (secondary N) is 1. The number of likely N-dealkylation sites (tertiary alicyclic amines) is 1. The molecule has 150 valence electrons. The first-order valence-electron chi connectivity index (χ1n) is 10.2. The van der Waals surface area contributed by atoms with Gasteiger partial charge in [-0.2, -0.15) is 0 Å². The third kappa shape index (κ3) is 5.44. The van der Waals surface area contributed by atoms with Crippen molar-refractivity contribution in [1.29, 1.82) is 0 Å². The maximum atomic E-state index is 12.9. The van der Waals surface area contributed by atoms with E-state index >= 15 is 0 Å². The lowest BCUT2D eigenvalue weighted by Gasteiger charge is -2.41. The van der Waals surface area contributed by atoms with Gasteiger partial charge in [0, 0.05) is 38.0 Å². The molecule has 0 radical (unpaired) electrons. The molecule has 6 heteroatoms. The Balaban J connectivity index is 1.94. The molecule has 1 aliphatic carbocycles. The standard InChI is InChI=1S/C20H38N4O2/c1-14(2)15-6-8-17(9-7-15)26-13-19-18(22)5-4-10-24(19)20(25)16(11-21)12-23-3/h12,14-15,17-19,23H,4-11,13,21-22H2,1-3H3/b16-12+. The van der Waals surface area contributed by atoms with E-state index in [4.69, 9.17) is 16.2 Å². The van der Waals surface area contributed by atoms with Gasteiger partial charge in [0.05, 0.1) is 18.8 Å². The van der Waals surface area contributed by atoms with Gasteiger partial charge in [-0.1, -0.05) is 13.8 Å². The Kier molecular flexibility index (Phi) is 8.38. The smallest absolute Gasteiger partial charge is 0.252 e. The molecular formula is C20H38N4O2. The molecule has 0 aromatic carbocycles. The molecule has 6 nitrogen and oxygen atoms in total.